The summed E-state index contributed by atoms with van der Waals surface area (Å²) in [4.78, 5) is 28.9. The lowest BCUT2D eigenvalue weighted by atomic mass is 10.0. The molecule has 0 spiro atoms. The van der Waals surface area contributed by atoms with Crippen molar-refractivity contribution in [1.29, 1.82) is 0 Å². The van der Waals surface area contributed by atoms with Crippen molar-refractivity contribution < 1.29 is 4.79 Å². The Labute approximate surface area is 138 Å². The van der Waals surface area contributed by atoms with Gasteiger partial charge in [-0.3, -0.25) is 14.2 Å². The van der Waals surface area contributed by atoms with Crippen LogP contribution in [0.25, 0.3) is 10.2 Å². The molecule has 0 aliphatic rings. The van der Waals surface area contributed by atoms with Crippen molar-refractivity contribution in [2.45, 2.75) is 32.7 Å². The van der Waals surface area contributed by atoms with E-state index < -0.39 is 0 Å². The molecule has 0 amide bonds. The molecule has 23 heavy (non-hydrogen) atoms. The largest absolute Gasteiger partial charge is 0.292 e. The molecular weight excluding hydrogens is 308 g/mol. The minimum absolute atomic E-state index is 0.0218. The molecule has 2 heterocycles. The zero-order valence-electron chi connectivity index (χ0n) is 13.0. The average Bonchev–Trinajstić information content (AvgIpc) is 3.05. The predicted molar refractivity (Wildman–Crippen MR) is 93.3 cm³/mol. The predicted octanol–water partition coefficient (Wildman–Crippen LogP) is 3.68. The van der Waals surface area contributed by atoms with E-state index in [-0.39, 0.29) is 17.9 Å². The van der Waals surface area contributed by atoms with Crippen molar-refractivity contribution in [3.63, 3.8) is 0 Å². The number of hydrogen-bond donors (Lipinski definition) is 0. The van der Waals surface area contributed by atoms with E-state index in [0.29, 0.717) is 15.8 Å². The van der Waals surface area contributed by atoms with E-state index in [1.54, 1.807) is 0 Å². The summed E-state index contributed by atoms with van der Waals surface area (Å²) in [5.74, 6) is -0.0770. The highest BCUT2D eigenvalue weighted by Crippen LogP contribution is 2.14. The van der Waals surface area contributed by atoms with Crippen LogP contribution in [-0.4, -0.2) is 15.3 Å². The monoisotopic (exact) mass is 326 g/mol. The molecule has 0 unspecified atom stereocenters. The number of unbranched alkanes of at least 4 members (excludes halogenated alkanes) is 1. The number of carbonyl (C=O) groups excluding carboxylic acids is 1. The molecule has 1 aromatic carbocycles. The fraction of sp³-hybridized carbons (Fsp3) is 0.278. The van der Waals surface area contributed by atoms with E-state index in [2.05, 4.69) is 11.9 Å². The molecule has 5 heteroatoms. The van der Waals surface area contributed by atoms with Crippen LogP contribution < -0.4 is 5.56 Å². The van der Waals surface area contributed by atoms with E-state index in [1.807, 2.05) is 35.7 Å². The van der Waals surface area contributed by atoms with Crippen LogP contribution in [0.2, 0.25) is 0 Å². The Kier molecular flexibility index (Phi) is 4.67. The number of rotatable bonds is 6. The summed E-state index contributed by atoms with van der Waals surface area (Å²) in [6, 6.07) is 9.48. The minimum Gasteiger partial charge on any atom is -0.292 e. The van der Waals surface area contributed by atoms with Crippen LogP contribution in [0.15, 0.2) is 46.8 Å². The Morgan fingerprint density at radius 2 is 2.00 bits per heavy atom. The summed E-state index contributed by atoms with van der Waals surface area (Å²) in [6.07, 6.45) is 4.78. The number of benzene rings is 1. The number of thiophene rings is 1. The lowest BCUT2D eigenvalue weighted by molar-refractivity contribution is 0.0970. The van der Waals surface area contributed by atoms with Gasteiger partial charge in [-0.1, -0.05) is 37.6 Å². The van der Waals surface area contributed by atoms with Crippen LogP contribution in [0.3, 0.4) is 0 Å². The third-order valence-corrected chi connectivity index (χ3v) is 4.74. The van der Waals surface area contributed by atoms with Crippen molar-refractivity contribution in [2.24, 2.45) is 0 Å². The number of carbonyl (C=O) groups is 1. The van der Waals surface area contributed by atoms with Gasteiger partial charge < -0.3 is 0 Å². The van der Waals surface area contributed by atoms with E-state index >= 15 is 0 Å². The summed E-state index contributed by atoms with van der Waals surface area (Å²) in [5, 5.41) is 1.83. The quantitative estimate of drug-likeness (QED) is 0.649. The smallest absolute Gasteiger partial charge is 0.271 e. The summed E-state index contributed by atoms with van der Waals surface area (Å²) < 4.78 is 1.97. The molecule has 0 aliphatic heterocycles. The Balaban J connectivity index is 1.77. The second-order valence-corrected chi connectivity index (χ2v) is 6.45. The highest BCUT2D eigenvalue weighted by atomic mass is 32.1. The van der Waals surface area contributed by atoms with Crippen LogP contribution in [0.1, 0.15) is 35.7 Å². The molecular formula is C18H18N2O2S. The van der Waals surface area contributed by atoms with Crippen LogP contribution in [0, 0.1) is 0 Å². The number of hydrogen-bond acceptors (Lipinski definition) is 4. The molecule has 0 fully saturated rings. The molecule has 0 saturated heterocycles. The van der Waals surface area contributed by atoms with Gasteiger partial charge in [0.1, 0.15) is 4.70 Å². The molecule has 0 atom stereocenters. The summed E-state index contributed by atoms with van der Waals surface area (Å²) >= 11 is 1.35. The Morgan fingerprint density at radius 1 is 1.22 bits per heavy atom. The van der Waals surface area contributed by atoms with Gasteiger partial charge in [-0.05, 0) is 29.9 Å². The second-order valence-electron chi connectivity index (χ2n) is 5.54. The van der Waals surface area contributed by atoms with Crippen molar-refractivity contribution in [3.8, 4) is 0 Å². The van der Waals surface area contributed by atoms with Crippen molar-refractivity contribution in [3.05, 3.63) is 63.5 Å². The van der Waals surface area contributed by atoms with Gasteiger partial charge in [-0.25, -0.2) is 4.98 Å². The first kappa shape index (κ1) is 15.6. The molecule has 3 rings (SSSR count). The third kappa shape index (κ3) is 3.40. The summed E-state index contributed by atoms with van der Waals surface area (Å²) in [5.41, 5.74) is 2.40. The van der Waals surface area contributed by atoms with Crippen LogP contribution in [0.4, 0.5) is 0 Å². The fourth-order valence-corrected chi connectivity index (χ4v) is 3.27. The molecule has 0 aliphatic carbocycles. The molecule has 0 N–H and O–H groups in total. The standard InChI is InChI=1S/C18H18N2O2S/c1-2-3-4-13-5-7-14(8-6-13)16(21)11-20-12-19-15-9-10-23-17(15)18(20)22/h5-10,12H,2-4,11H2,1H3. The lowest BCUT2D eigenvalue weighted by Gasteiger charge is -2.06. The van der Waals surface area contributed by atoms with E-state index in [9.17, 15) is 9.59 Å². The van der Waals surface area contributed by atoms with Crippen LogP contribution in [-0.2, 0) is 13.0 Å². The molecule has 3 aromatic rings. The lowest BCUT2D eigenvalue weighted by Crippen LogP contribution is -2.24. The van der Waals surface area contributed by atoms with Gasteiger partial charge in [0.15, 0.2) is 5.78 Å². The van der Waals surface area contributed by atoms with Gasteiger partial charge in [0.25, 0.3) is 5.56 Å². The maximum atomic E-state index is 12.4. The molecule has 0 radical (unpaired) electrons. The Hall–Kier alpha value is -2.27. The normalized spacial score (nSPS) is 11.0. The molecule has 0 bridgehead atoms. The van der Waals surface area contributed by atoms with Gasteiger partial charge in [-0.2, -0.15) is 0 Å². The number of aryl methyl sites for hydroxylation is 1. The first-order chi connectivity index (χ1) is 11.2. The van der Waals surface area contributed by atoms with Gasteiger partial charge >= 0.3 is 0 Å². The first-order valence-corrected chi connectivity index (χ1v) is 8.62. The average molecular weight is 326 g/mol. The minimum atomic E-state index is -0.155. The number of fused-ring (bicyclic) bond motifs is 1. The Morgan fingerprint density at radius 3 is 2.74 bits per heavy atom. The maximum Gasteiger partial charge on any atom is 0.271 e. The van der Waals surface area contributed by atoms with Gasteiger partial charge in [-0.15, -0.1) is 11.3 Å². The van der Waals surface area contributed by atoms with E-state index in [0.717, 1.165) is 19.3 Å². The highest BCUT2D eigenvalue weighted by Gasteiger charge is 2.11. The fourth-order valence-electron chi connectivity index (χ4n) is 2.48. The molecule has 2 aromatic heterocycles. The SMILES string of the molecule is CCCCc1ccc(C(=O)Cn2cnc3ccsc3c2=O)cc1. The third-order valence-electron chi connectivity index (χ3n) is 3.84. The van der Waals surface area contributed by atoms with Crippen LogP contribution in [0.5, 0.6) is 0 Å². The second kappa shape index (κ2) is 6.87. The molecule has 118 valence electrons. The number of Topliss-reactive ketones (excluding diaryl/α,β-unsaturated/α-hetero) is 1. The van der Waals surface area contributed by atoms with Crippen molar-refractivity contribution in [2.75, 3.05) is 0 Å². The number of aromatic nitrogens is 2. The van der Waals surface area contributed by atoms with Crippen molar-refractivity contribution >= 4 is 27.3 Å². The zero-order chi connectivity index (χ0) is 16.2. The zero-order valence-corrected chi connectivity index (χ0v) is 13.8. The topological polar surface area (TPSA) is 52.0 Å². The first-order valence-electron chi connectivity index (χ1n) is 7.74. The van der Waals surface area contributed by atoms with Gasteiger partial charge in [0.05, 0.1) is 18.4 Å². The Bertz CT molecular complexity index is 878. The molecule has 0 saturated carbocycles. The highest BCUT2D eigenvalue weighted by molar-refractivity contribution is 7.17. The molecule has 4 nitrogen and oxygen atoms in total. The summed E-state index contributed by atoms with van der Waals surface area (Å²) in [6.45, 7) is 2.18. The van der Waals surface area contributed by atoms with Gasteiger partial charge in [0.2, 0.25) is 0 Å². The number of nitrogens with zero attached hydrogens (tertiary/aromatic N) is 2. The van der Waals surface area contributed by atoms with E-state index in [4.69, 9.17) is 0 Å². The summed E-state index contributed by atoms with van der Waals surface area (Å²) in [7, 11) is 0. The van der Waals surface area contributed by atoms with Gasteiger partial charge in [0, 0.05) is 5.56 Å². The van der Waals surface area contributed by atoms with Crippen LogP contribution >= 0.6 is 11.3 Å². The maximum absolute atomic E-state index is 12.4. The van der Waals surface area contributed by atoms with E-state index in [1.165, 1.54) is 27.8 Å². The van der Waals surface area contributed by atoms with Crippen molar-refractivity contribution in [1.82, 2.24) is 9.55 Å². The number of ketones is 1.